The molecule has 0 saturated heterocycles. The zero-order valence-electron chi connectivity index (χ0n) is 8.14. The first kappa shape index (κ1) is 10.6. The molecule has 1 N–H and O–H groups in total. The number of hydrogen-bond donors (Lipinski definition) is 1. The summed E-state index contributed by atoms with van der Waals surface area (Å²) in [6.07, 6.45) is -0.337. The van der Waals surface area contributed by atoms with Crippen LogP contribution in [-0.2, 0) is 4.74 Å². The van der Waals surface area contributed by atoms with Crippen LogP contribution in [0.3, 0.4) is 0 Å². The third kappa shape index (κ3) is 3.09. The summed E-state index contributed by atoms with van der Waals surface area (Å²) in [6, 6.07) is 9.80. The number of hydrogen-bond acceptors (Lipinski definition) is 2. The summed E-state index contributed by atoms with van der Waals surface area (Å²) >= 11 is 0. The van der Waals surface area contributed by atoms with Crippen molar-refractivity contribution in [3.8, 4) is 0 Å². The lowest BCUT2D eigenvalue weighted by molar-refractivity contribution is 0.0854. The van der Waals surface area contributed by atoms with E-state index in [0.717, 1.165) is 12.0 Å². The van der Waals surface area contributed by atoms with Gasteiger partial charge < -0.3 is 9.84 Å². The number of ether oxygens (including phenoxy) is 1. The monoisotopic (exact) mass is 194 g/mol. The van der Waals surface area contributed by atoms with Gasteiger partial charge in [0.05, 0.1) is 0 Å². The lowest BCUT2D eigenvalue weighted by Gasteiger charge is -2.13. The van der Waals surface area contributed by atoms with Gasteiger partial charge in [0.1, 0.15) is 6.61 Å². The predicted molar refractivity (Wildman–Crippen MR) is 53.5 cm³/mol. The highest BCUT2D eigenvalue weighted by atomic mass is 16.7. The highest BCUT2D eigenvalue weighted by Crippen LogP contribution is 2.19. The molecule has 0 spiro atoms. The maximum absolute atomic E-state index is 10.2. The molecule has 1 rings (SSSR count). The Morgan fingerprint density at radius 2 is 2.07 bits per heavy atom. The van der Waals surface area contributed by atoms with Gasteiger partial charge >= 0.3 is 6.16 Å². The third-order valence-corrected chi connectivity index (χ3v) is 2.17. The quantitative estimate of drug-likeness (QED) is 0.749. The molecule has 3 heteroatoms. The summed E-state index contributed by atoms with van der Waals surface area (Å²) in [5, 5.41) is 8.38. The summed E-state index contributed by atoms with van der Waals surface area (Å²) in [5.41, 5.74) is 1.12. The lowest BCUT2D eigenvalue weighted by atomic mass is 9.98. The van der Waals surface area contributed by atoms with Crippen LogP contribution in [0.2, 0.25) is 0 Å². The van der Waals surface area contributed by atoms with Crippen molar-refractivity contribution in [1.82, 2.24) is 0 Å². The maximum atomic E-state index is 10.2. The van der Waals surface area contributed by atoms with Crippen LogP contribution in [0.1, 0.15) is 24.8 Å². The number of benzene rings is 1. The van der Waals surface area contributed by atoms with Crippen molar-refractivity contribution in [2.45, 2.75) is 19.3 Å². The average molecular weight is 194 g/mol. The second-order valence-corrected chi connectivity index (χ2v) is 3.09. The van der Waals surface area contributed by atoms with Gasteiger partial charge in [-0.05, 0) is 12.0 Å². The number of carboxylic acid groups (broad SMARTS) is 1. The van der Waals surface area contributed by atoms with Crippen LogP contribution in [0.5, 0.6) is 0 Å². The lowest BCUT2D eigenvalue weighted by Crippen LogP contribution is -2.10. The molecule has 0 aromatic heterocycles. The van der Waals surface area contributed by atoms with E-state index in [1.807, 2.05) is 37.3 Å². The zero-order chi connectivity index (χ0) is 10.4. The van der Waals surface area contributed by atoms with Gasteiger partial charge in [0.15, 0.2) is 0 Å². The van der Waals surface area contributed by atoms with Crippen LogP contribution in [0, 0.1) is 0 Å². The fraction of sp³-hybridized carbons (Fsp3) is 0.364. The SMILES string of the molecule is CCC(COC(=O)O)c1ccccc1. The maximum Gasteiger partial charge on any atom is 0.505 e. The van der Waals surface area contributed by atoms with Gasteiger partial charge in [0.2, 0.25) is 0 Å². The van der Waals surface area contributed by atoms with Crippen molar-refractivity contribution < 1.29 is 14.6 Å². The van der Waals surface area contributed by atoms with E-state index in [4.69, 9.17) is 5.11 Å². The summed E-state index contributed by atoms with van der Waals surface area (Å²) in [7, 11) is 0. The largest absolute Gasteiger partial charge is 0.505 e. The van der Waals surface area contributed by atoms with E-state index < -0.39 is 6.16 Å². The molecule has 1 aromatic rings. The minimum Gasteiger partial charge on any atom is -0.450 e. The molecule has 3 nitrogen and oxygen atoms in total. The molecule has 0 aliphatic carbocycles. The Bertz CT molecular complexity index is 282. The minimum absolute atomic E-state index is 0.160. The van der Waals surface area contributed by atoms with Crippen LogP contribution < -0.4 is 0 Å². The van der Waals surface area contributed by atoms with Crippen LogP contribution >= 0.6 is 0 Å². The molecule has 0 fully saturated rings. The molecule has 0 aliphatic heterocycles. The second kappa shape index (κ2) is 5.27. The summed E-state index contributed by atoms with van der Waals surface area (Å²) in [4.78, 5) is 10.2. The van der Waals surface area contributed by atoms with Crippen LogP contribution in [0.4, 0.5) is 4.79 Å². The Labute approximate surface area is 83.3 Å². The molecule has 0 saturated carbocycles. The molecule has 14 heavy (non-hydrogen) atoms. The molecule has 0 heterocycles. The minimum atomic E-state index is -1.21. The Balaban J connectivity index is 2.58. The van der Waals surface area contributed by atoms with Gasteiger partial charge in [-0.25, -0.2) is 4.79 Å². The third-order valence-electron chi connectivity index (χ3n) is 2.17. The van der Waals surface area contributed by atoms with Crippen molar-refractivity contribution in [1.29, 1.82) is 0 Å². The molecule has 0 aliphatic rings. The Kier molecular flexibility index (Phi) is 3.98. The highest BCUT2D eigenvalue weighted by molar-refractivity contribution is 5.56. The van der Waals surface area contributed by atoms with Gasteiger partial charge in [-0.2, -0.15) is 0 Å². The normalized spacial score (nSPS) is 12.1. The Morgan fingerprint density at radius 3 is 2.57 bits per heavy atom. The number of carbonyl (C=O) groups is 1. The van der Waals surface area contributed by atoms with Crippen LogP contribution in [-0.4, -0.2) is 17.9 Å². The topological polar surface area (TPSA) is 46.5 Å². The standard InChI is InChI=1S/C11H14O3/c1-2-9(8-14-11(12)13)10-6-4-3-5-7-10/h3-7,9H,2,8H2,1H3,(H,12,13). The molecule has 0 amide bonds. The zero-order valence-corrected chi connectivity index (χ0v) is 8.14. The van der Waals surface area contributed by atoms with E-state index >= 15 is 0 Å². The predicted octanol–water partition coefficient (Wildman–Crippen LogP) is 2.87. The van der Waals surface area contributed by atoms with Crippen molar-refractivity contribution >= 4 is 6.16 Å². The van der Waals surface area contributed by atoms with Gasteiger partial charge in [-0.3, -0.25) is 0 Å². The van der Waals surface area contributed by atoms with E-state index in [1.54, 1.807) is 0 Å². The van der Waals surface area contributed by atoms with Gasteiger partial charge in [0.25, 0.3) is 0 Å². The molecule has 1 atom stereocenters. The highest BCUT2D eigenvalue weighted by Gasteiger charge is 2.10. The van der Waals surface area contributed by atoms with Crippen LogP contribution in [0.25, 0.3) is 0 Å². The van der Waals surface area contributed by atoms with Gasteiger partial charge in [-0.1, -0.05) is 37.3 Å². The molecular weight excluding hydrogens is 180 g/mol. The van der Waals surface area contributed by atoms with Crippen molar-refractivity contribution in [2.75, 3.05) is 6.61 Å². The average Bonchev–Trinajstić information content (AvgIpc) is 2.20. The fourth-order valence-corrected chi connectivity index (χ4v) is 1.35. The number of rotatable bonds is 4. The first-order valence-electron chi connectivity index (χ1n) is 4.64. The molecular formula is C11H14O3. The molecule has 0 bridgehead atoms. The van der Waals surface area contributed by atoms with E-state index in [9.17, 15) is 4.79 Å². The first-order valence-corrected chi connectivity index (χ1v) is 4.64. The van der Waals surface area contributed by atoms with Crippen molar-refractivity contribution in [2.24, 2.45) is 0 Å². The summed E-state index contributed by atoms with van der Waals surface area (Å²) in [5.74, 6) is 0.160. The second-order valence-electron chi connectivity index (χ2n) is 3.09. The fourth-order valence-electron chi connectivity index (χ4n) is 1.35. The first-order chi connectivity index (χ1) is 6.74. The Morgan fingerprint density at radius 1 is 1.43 bits per heavy atom. The van der Waals surface area contributed by atoms with E-state index in [-0.39, 0.29) is 12.5 Å². The van der Waals surface area contributed by atoms with Gasteiger partial charge in [0, 0.05) is 5.92 Å². The van der Waals surface area contributed by atoms with Crippen molar-refractivity contribution in [3.63, 3.8) is 0 Å². The van der Waals surface area contributed by atoms with Gasteiger partial charge in [-0.15, -0.1) is 0 Å². The van der Waals surface area contributed by atoms with E-state index in [2.05, 4.69) is 4.74 Å². The summed E-state index contributed by atoms with van der Waals surface area (Å²) in [6.45, 7) is 2.25. The smallest absolute Gasteiger partial charge is 0.450 e. The molecule has 1 unspecified atom stereocenters. The molecule has 1 aromatic carbocycles. The Hall–Kier alpha value is -1.51. The van der Waals surface area contributed by atoms with Crippen LogP contribution in [0.15, 0.2) is 30.3 Å². The van der Waals surface area contributed by atoms with E-state index in [1.165, 1.54) is 0 Å². The van der Waals surface area contributed by atoms with E-state index in [0.29, 0.717) is 0 Å². The molecule has 76 valence electrons. The molecule has 0 radical (unpaired) electrons. The summed E-state index contributed by atoms with van der Waals surface area (Å²) < 4.78 is 4.57. The van der Waals surface area contributed by atoms with Crippen molar-refractivity contribution in [3.05, 3.63) is 35.9 Å².